The number of ether oxygens (including phenoxy) is 2. The van der Waals surface area contributed by atoms with Crippen molar-refractivity contribution in [2.45, 2.75) is 36.6 Å². The van der Waals surface area contributed by atoms with Gasteiger partial charge in [0.15, 0.2) is 0 Å². The third-order valence-electron chi connectivity index (χ3n) is 5.69. The molecule has 37 heavy (non-hydrogen) atoms. The minimum atomic E-state index is -4.00. The van der Waals surface area contributed by atoms with E-state index in [0.29, 0.717) is 24.1 Å². The number of rotatable bonds is 10. The lowest BCUT2D eigenvalue weighted by Gasteiger charge is -2.24. The Labute approximate surface area is 222 Å². The zero-order valence-electron chi connectivity index (χ0n) is 20.2. The van der Waals surface area contributed by atoms with E-state index in [0.717, 1.165) is 43.2 Å². The summed E-state index contributed by atoms with van der Waals surface area (Å²) < 4.78 is 41.0. The number of carboxylic acids is 1. The second kappa shape index (κ2) is 14.0. The van der Waals surface area contributed by atoms with Gasteiger partial charge in [0, 0.05) is 17.5 Å². The number of nitrogens with zero attached hydrogens (tertiary/aromatic N) is 1. The number of carbonyl (C=O) groups is 1. The maximum absolute atomic E-state index is 10.7. The molecule has 1 heterocycles. The van der Waals surface area contributed by atoms with Gasteiger partial charge in [0.05, 0.1) is 4.90 Å². The first-order valence-electron chi connectivity index (χ1n) is 11.9. The minimum Gasteiger partial charge on any atom is -0.492 e. The predicted molar refractivity (Wildman–Crippen MR) is 141 cm³/mol. The Morgan fingerprint density at radius 2 is 1.54 bits per heavy atom. The van der Waals surface area contributed by atoms with Crippen LogP contribution in [0.5, 0.6) is 17.2 Å². The molecule has 1 aliphatic rings. The van der Waals surface area contributed by atoms with Crippen LogP contribution in [-0.4, -0.2) is 54.7 Å². The Kier molecular flexibility index (Phi) is 10.8. The highest BCUT2D eigenvalue weighted by molar-refractivity contribution is 7.85. The highest BCUT2D eigenvalue weighted by Crippen LogP contribution is 2.26. The number of hydrogen-bond donors (Lipinski definition) is 2. The first-order valence-corrected chi connectivity index (χ1v) is 13.7. The Morgan fingerprint density at radius 3 is 2.11 bits per heavy atom. The van der Waals surface area contributed by atoms with Crippen molar-refractivity contribution in [2.24, 2.45) is 0 Å². The second-order valence-electron chi connectivity index (χ2n) is 8.46. The summed E-state index contributed by atoms with van der Waals surface area (Å²) in [5.74, 6) is 1.54. The van der Waals surface area contributed by atoms with Crippen LogP contribution in [0.1, 0.15) is 25.7 Å². The number of halogens is 1. The molecule has 198 valence electrons. The van der Waals surface area contributed by atoms with Gasteiger partial charge in [0.1, 0.15) is 23.9 Å². The van der Waals surface area contributed by atoms with Crippen molar-refractivity contribution in [2.75, 3.05) is 19.7 Å². The summed E-state index contributed by atoms with van der Waals surface area (Å²) in [6.45, 7) is 2.44. The monoisotopic (exact) mass is 547 g/mol. The van der Waals surface area contributed by atoms with Gasteiger partial charge < -0.3 is 14.6 Å². The number of likely N-dealkylation sites (tertiary alicyclic amines) is 1. The Hall–Kier alpha value is -3.11. The van der Waals surface area contributed by atoms with Crippen molar-refractivity contribution in [3.63, 3.8) is 0 Å². The quantitative estimate of drug-likeness (QED) is 0.307. The van der Waals surface area contributed by atoms with Gasteiger partial charge in [-0.1, -0.05) is 29.8 Å². The standard InChI is InChI=1S/C21H24ClNO4.C6H6O3S/c22-16-5-7-19(8-6-16)27-20-11-9-18(10-12-20)26-15-17-3-1-13-23(17)14-2-4-21(24)25;7-10(8,9)6-4-2-1-3-5-6/h5-12,17H,1-4,13-15H2,(H,24,25);1-5H,(H,7,8,9)/t17-;/m0./s1. The number of carboxylic acid groups (broad SMARTS) is 1. The molecule has 0 bridgehead atoms. The van der Waals surface area contributed by atoms with Gasteiger partial charge in [0.2, 0.25) is 0 Å². The van der Waals surface area contributed by atoms with E-state index >= 15 is 0 Å². The third-order valence-corrected chi connectivity index (χ3v) is 6.81. The topological polar surface area (TPSA) is 113 Å². The van der Waals surface area contributed by atoms with Crippen molar-refractivity contribution in [3.8, 4) is 17.2 Å². The zero-order valence-corrected chi connectivity index (χ0v) is 21.8. The molecule has 0 spiro atoms. The average Bonchev–Trinajstić information content (AvgIpc) is 3.32. The van der Waals surface area contributed by atoms with Crippen molar-refractivity contribution in [3.05, 3.63) is 83.9 Å². The molecule has 3 aromatic carbocycles. The molecule has 1 atom stereocenters. The van der Waals surface area contributed by atoms with Crippen LogP contribution in [-0.2, 0) is 14.9 Å². The van der Waals surface area contributed by atoms with E-state index in [2.05, 4.69) is 4.90 Å². The molecule has 0 aliphatic carbocycles. The lowest BCUT2D eigenvalue weighted by atomic mass is 10.2. The highest BCUT2D eigenvalue weighted by atomic mass is 35.5. The smallest absolute Gasteiger partial charge is 0.303 e. The van der Waals surface area contributed by atoms with Crippen molar-refractivity contribution in [1.82, 2.24) is 4.90 Å². The van der Waals surface area contributed by atoms with Gasteiger partial charge in [-0.2, -0.15) is 8.42 Å². The van der Waals surface area contributed by atoms with Crippen LogP contribution in [0.2, 0.25) is 5.02 Å². The summed E-state index contributed by atoms with van der Waals surface area (Å²) in [7, 11) is -4.00. The molecule has 0 saturated carbocycles. The Balaban J connectivity index is 0.000000319. The van der Waals surface area contributed by atoms with Crippen LogP contribution in [0.25, 0.3) is 0 Å². The van der Waals surface area contributed by atoms with Gasteiger partial charge in [-0.15, -0.1) is 0 Å². The molecule has 0 amide bonds. The average molecular weight is 548 g/mol. The van der Waals surface area contributed by atoms with Crippen LogP contribution in [0.4, 0.5) is 0 Å². The van der Waals surface area contributed by atoms with Crippen LogP contribution < -0.4 is 9.47 Å². The molecule has 1 fully saturated rings. The zero-order chi connectivity index (χ0) is 26.7. The van der Waals surface area contributed by atoms with Crippen molar-refractivity contribution in [1.29, 1.82) is 0 Å². The maximum atomic E-state index is 10.7. The van der Waals surface area contributed by atoms with Crippen LogP contribution in [0.15, 0.2) is 83.8 Å². The largest absolute Gasteiger partial charge is 0.492 e. The molecule has 10 heteroatoms. The summed E-state index contributed by atoms with van der Waals surface area (Å²) in [5, 5.41) is 9.45. The Bertz CT molecular complexity index is 1220. The van der Waals surface area contributed by atoms with E-state index in [1.165, 1.54) is 12.1 Å². The van der Waals surface area contributed by atoms with E-state index in [9.17, 15) is 13.2 Å². The van der Waals surface area contributed by atoms with Gasteiger partial charge in [-0.05, 0) is 93.0 Å². The fourth-order valence-electron chi connectivity index (χ4n) is 3.84. The van der Waals surface area contributed by atoms with Crippen molar-refractivity contribution < 1.29 is 32.3 Å². The minimum absolute atomic E-state index is 0.0741. The lowest BCUT2D eigenvalue weighted by Crippen LogP contribution is -2.35. The van der Waals surface area contributed by atoms with E-state index in [1.807, 2.05) is 36.4 Å². The maximum Gasteiger partial charge on any atom is 0.303 e. The molecule has 8 nitrogen and oxygen atoms in total. The van der Waals surface area contributed by atoms with E-state index in [4.69, 9.17) is 30.7 Å². The lowest BCUT2D eigenvalue weighted by molar-refractivity contribution is -0.137. The van der Waals surface area contributed by atoms with Gasteiger partial charge in [0.25, 0.3) is 10.1 Å². The van der Waals surface area contributed by atoms with Crippen LogP contribution in [0.3, 0.4) is 0 Å². The molecule has 0 unspecified atom stereocenters. The normalized spacial score (nSPS) is 15.5. The number of aliphatic carboxylic acids is 1. The highest BCUT2D eigenvalue weighted by Gasteiger charge is 2.24. The molecule has 0 radical (unpaired) electrons. The van der Waals surface area contributed by atoms with Crippen LogP contribution in [0, 0.1) is 0 Å². The Morgan fingerprint density at radius 1 is 0.946 bits per heavy atom. The predicted octanol–water partition coefficient (Wildman–Crippen LogP) is 5.77. The van der Waals surface area contributed by atoms with Gasteiger partial charge in [-0.3, -0.25) is 14.2 Å². The van der Waals surface area contributed by atoms with E-state index in [-0.39, 0.29) is 11.3 Å². The third kappa shape index (κ3) is 10.0. The first-order chi connectivity index (χ1) is 17.7. The first kappa shape index (κ1) is 28.5. The molecule has 0 aromatic heterocycles. The summed E-state index contributed by atoms with van der Waals surface area (Å²) in [4.78, 5) is 12.9. The molecule has 1 saturated heterocycles. The molecular weight excluding hydrogens is 518 g/mol. The molecule has 3 aromatic rings. The summed E-state index contributed by atoms with van der Waals surface area (Å²) in [6.07, 6.45) is 3.13. The van der Waals surface area contributed by atoms with Crippen LogP contribution >= 0.6 is 11.6 Å². The second-order valence-corrected chi connectivity index (χ2v) is 10.3. The fourth-order valence-corrected chi connectivity index (χ4v) is 4.47. The van der Waals surface area contributed by atoms with Gasteiger partial charge in [-0.25, -0.2) is 0 Å². The molecule has 1 aliphatic heterocycles. The number of hydrogen-bond acceptors (Lipinski definition) is 6. The van der Waals surface area contributed by atoms with Gasteiger partial charge >= 0.3 is 5.97 Å². The SMILES string of the molecule is O=C(O)CCCN1CCC[C@H]1COc1ccc(Oc2ccc(Cl)cc2)cc1.O=S(=O)(O)c1ccccc1. The summed E-state index contributed by atoms with van der Waals surface area (Å²) >= 11 is 5.87. The number of benzene rings is 3. The molecular formula is C27H30ClNO7S. The van der Waals surface area contributed by atoms with E-state index < -0.39 is 16.1 Å². The molecule has 4 rings (SSSR count). The summed E-state index contributed by atoms with van der Waals surface area (Å²) in [5.41, 5.74) is 0. The van der Waals surface area contributed by atoms with Crippen molar-refractivity contribution >= 4 is 27.7 Å². The fraction of sp³-hybridized carbons (Fsp3) is 0.296. The van der Waals surface area contributed by atoms with E-state index in [1.54, 1.807) is 30.3 Å². The summed E-state index contributed by atoms with van der Waals surface area (Å²) in [6, 6.07) is 22.6. The molecule has 2 N–H and O–H groups in total.